The molecule has 0 nitrogen and oxygen atoms in total. The van der Waals surface area contributed by atoms with Gasteiger partial charge in [-0.2, -0.15) is 42.1 Å². The summed E-state index contributed by atoms with van der Waals surface area (Å²) in [6, 6.07) is 11.0. The minimum absolute atomic E-state index is 0. The minimum Gasteiger partial charge on any atom is -1.00 e. The largest absolute Gasteiger partial charge is 2.00 e. The maximum Gasteiger partial charge on any atom is 2.00 e. The molecule has 10 heavy (non-hydrogen) atoms. The number of halogens is 1. The molecule has 0 aliphatic rings. The molecular formula is C7H7BrMgS. The van der Waals surface area contributed by atoms with Gasteiger partial charge in [0, 0.05) is 0 Å². The Hall–Kier alpha value is 0.816. The van der Waals surface area contributed by atoms with E-state index < -0.39 is 0 Å². The molecule has 0 unspecified atom stereocenters. The first-order chi connectivity index (χ1) is 3.93. The third-order valence-electron chi connectivity index (χ3n) is 0.900. The van der Waals surface area contributed by atoms with Crippen LogP contribution in [0.2, 0.25) is 0 Å². The molecule has 0 aromatic heterocycles. The summed E-state index contributed by atoms with van der Waals surface area (Å²) in [5.74, 6) is 0. The van der Waals surface area contributed by atoms with E-state index in [1.807, 2.05) is 30.5 Å². The smallest absolute Gasteiger partial charge is 1.00 e. The van der Waals surface area contributed by atoms with Gasteiger partial charge in [0.1, 0.15) is 0 Å². The molecule has 0 aliphatic heterocycles. The summed E-state index contributed by atoms with van der Waals surface area (Å²) in [6.07, 6.45) is 2.05. The number of benzene rings is 1. The molecule has 0 N–H and O–H groups in total. The Labute approximate surface area is 92.7 Å². The normalized spacial score (nSPS) is 7.30. The molecule has 0 radical (unpaired) electrons. The van der Waals surface area contributed by atoms with Crippen LogP contribution in [-0.4, -0.2) is 29.3 Å². The van der Waals surface area contributed by atoms with Crippen molar-refractivity contribution in [3.8, 4) is 0 Å². The van der Waals surface area contributed by atoms with Crippen molar-refractivity contribution in [3.05, 3.63) is 30.3 Å². The Balaban J connectivity index is 0. The average molecular weight is 227 g/mol. The second-order valence-corrected chi connectivity index (χ2v) is 2.28. The van der Waals surface area contributed by atoms with E-state index in [1.165, 1.54) is 4.90 Å². The van der Waals surface area contributed by atoms with Gasteiger partial charge in [0.15, 0.2) is 0 Å². The summed E-state index contributed by atoms with van der Waals surface area (Å²) in [4.78, 5) is 1.20. The van der Waals surface area contributed by atoms with E-state index in [1.54, 1.807) is 11.8 Å². The van der Waals surface area contributed by atoms with Gasteiger partial charge in [-0.15, -0.1) is 4.90 Å². The van der Waals surface area contributed by atoms with Crippen molar-refractivity contribution in [3.63, 3.8) is 0 Å². The van der Waals surface area contributed by atoms with Crippen LogP contribution in [0.1, 0.15) is 0 Å². The van der Waals surface area contributed by atoms with E-state index in [2.05, 4.69) is 6.07 Å². The Kier molecular flexibility index (Phi) is 10.6. The molecule has 0 aliphatic carbocycles. The summed E-state index contributed by atoms with van der Waals surface area (Å²) < 4.78 is 0. The summed E-state index contributed by atoms with van der Waals surface area (Å²) in [7, 11) is 0. The maximum absolute atomic E-state index is 3.08. The Bertz CT molecular complexity index is 155. The summed E-state index contributed by atoms with van der Waals surface area (Å²) in [6.45, 7) is 0. The Morgan fingerprint density at radius 3 is 2.40 bits per heavy atom. The minimum atomic E-state index is 0. The van der Waals surface area contributed by atoms with Crippen molar-refractivity contribution in [2.75, 3.05) is 6.26 Å². The molecule has 0 fully saturated rings. The monoisotopic (exact) mass is 226 g/mol. The molecule has 3 heteroatoms. The van der Waals surface area contributed by atoms with Gasteiger partial charge in [-0.05, 0) is 6.26 Å². The van der Waals surface area contributed by atoms with Crippen molar-refractivity contribution in [1.82, 2.24) is 0 Å². The second kappa shape index (κ2) is 7.92. The molecular weight excluding hydrogens is 220 g/mol. The summed E-state index contributed by atoms with van der Waals surface area (Å²) in [5, 5.41) is 0. The molecule has 1 aromatic rings. The standard InChI is InChI=1S/C7H7S.BrH.Mg/c1-8-7-5-3-2-4-6-7;;/h2-5H,1H3;1H;/q-1;;+2/p-1. The van der Waals surface area contributed by atoms with Gasteiger partial charge in [0.2, 0.25) is 0 Å². The van der Waals surface area contributed by atoms with Crippen molar-refractivity contribution in [1.29, 1.82) is 0 Å². The van der Waals surface area contributed by atoms with Crippen LogP contribution in [0.3, 0.4) is 0 Å². The first kappa shape index (κ1) is 13.4. The molecule has 0 bridgehead atoms. The van der Waals surface area contributed by atoms with Gasteiger partial charge in [0.25, 0.3) is 0 Å². The van der Waals surface area contributed by atoms with Crippen LogP contribution in [0.5, 0.6) is 0 Å². The van der Waals surface area contributed by atoms with Crippen LogP contribution in [0, 0.1) is 6.07 Å². The summed E-state index contributed by atoms with van der Waals surface area (Å²) in [5.41, 5.74) is 0. The van der Waals surface area contributed by atoms with Crippen LogP contribution in [-0.2, 0) is 0 Å². The molecule has 0 saturated carbocycles. The van der Waals surface area contributed by atoms with Gasteiger partial charge in [-0.3, -0.25) is 0 Å². The fourth-order valence-corrected chi connectivity index (χ4v) is 0.904. The Morgan fingerprint density at radius 1 is 1.40 bits per heavy atom. The predicted octanol–water partition coefficient (Wildman–Crippen LogP) is -1.17. The van der Waals surface area contributed by atoms with Gasteiger partial charge in [0.05, 0.1) is 0 Å². The number of hydrogen-bond donors (Lipinski definition) is 0. The molecule has 1 rings (SSSR count). The van der Waals surface area contributed by atoms with E-state index >= 15 is 0 Å². The predicted molar refractivity (Wildman–Crippen MR) is 42.8 cm³/mol. The molecule has 1 aromatic carbocycles. The van der Waals surface area contributed by atoms with Crippen LogP contribution in [0.15, 0.2) is 29.2 Å². The maximum atomic E-state index is 3.08. The quantitative estimate of drug-likeness (QED) is 0.331. The van der Waals surface area contributed by atoms with Crippen molar-refractivity contribution >= 4 is 34.8 Å². The van der Waals surface area contributed by atoms with E-state index in [9.17, 15) is 0 Å². The van der Waals surface area contributed by atoms with Gasteiger partial charge >= 0.3 is 23.1 Å². The van der Waals surface area contributed by atoms with E-state index in [-0.39, 0.29) is 40.0 Å². The van der Waals surface area contributed by atoms with E-state index in [4.69, 9.17) is 0 Å². The number of hydrogen-bond acceptors (Lipinski definition) is 1. The molecule has 0 spiro atoms. The van der Waals surface area contributed by atoms with Gasteiger partial charge in [-0.1, -0.05) is 0 Å². The SMILES string of the molecule is CSc1[c-]cccc1.[Br-].[Mg+2]. The van der Waals surface area contributed by atoms with E-state index in [0.717, 1.165) is 0 Å². The van der Waals surface area contributed by atoms with Crippen molar-refractivity contribution in [2.45, 2.75) is 4.90 Å². The third kappa shape index (κ3) is 4.60. The van der Waals surface area contributed by atoms with Crippen molar-refractivity contribution < 1.29 is 17.0 Å². The average Bonchev–Trinajstić information content (AvgIpc) is 1.90. The van der Waals surface area contributed by atoms with E-state index in [0.29, 0.717) is 0 Å². The Morgan fingerprint density at radius 2 is 2.10 bits per heavy atom. The van der Waals surface area contributed by atoms with Crippen molar-refractivity contribution in [2.24, 2.45) is 0 Å². The first-order valence-electron chi connectivity index (χ1n) is 2.44. The fraction of sp³-hybridized carbons (Fsp3) is 0.143. The third-order valence-corrected chi connectivity index (χ3v) is 1.59. The molecule has 0 heterocycles. The zero-order chi connectivity index (χ0) is 5.82. The second-order valence-electron chi connectivity index (χ2n) is 1.43. The fourth-order valence-electron chi connectivity index (χ4n) is 0.504. The van der Waals surface area contributed by atoms with Gasteiger partial charge < -0.3 is 17.0 Å². The topological polar surface area (TPSA) is 0 Å². The van der Waals surface area contributed by atoms with Gasteiger partial charge in [-0.25, -0.2) is 0 Å². The number of rotatable bonds is 1. The molecule has 0 amide bonds. The summed E-state index contributed by atoms with van der Waals surface area (Å²) >= 11 is 1.71. The molecule has 0 saturated heterocycles. The number of thioether (sulfide) groups is 1. The first-order valence-corrected chi connectivity index (χ1v) is 3.66. The van der Waals surface area contributed by atoms with Crippen LogP contribution >= 0.6 is 11.8 Å². The zero-order valence-corrected chi connectivity index (χ0v) is 9.62. The van der Waals surface area contributed by atoms with Crippen LogP contribution < -0.4 is 17.0 Å². The molecule has 50 valence electrons. The molecule has 0 atom stereocenters. The van der Waals surface area contributed by atoms with Crippen LogP contribution in [0.4, 0.5) is 0 Å². The zero-order valence-electron chi connectivity index (χ0n) is 5.80. The van der Waals surface area contributed by atoms with Crippen LogP contribution in [0.25, 0.3) is 0 Å².